The summed E-state index contributed by atoms with van der Waals surface area (Å²) in [7, 11) is 0. The van der Waals surface area contributed by atoms with Gasteiger partial charge in [0.25, 0.3) is 0 Å². The predicted molar refractivity (Wildman–Crippen MR) is 133 cm³/mol. The van der Waals surface area contributed by atoms with Gasteiger partial charge >= 0.3 is 0 Å². The summed E-state index contributed by atoms with van der Waals surface area (Å²) < 4.78 is 2.56. The third-order valence-electron chi connectivity index (χ3n) is 8.64. The molecule has 6 rings (SSSR count). The van der Waals surface area contributed by atoms with Gasteiger partial charge in [0.2, 0.25) is 0 Å². The van der Waals surface area contributed by atoms with Crippen molar-refractivity contribution < 1.29 is 0 Å². The number of benzene rings is 1. The summed E-state index contributed by atoms with van der Waals surface area (Å²) in [5.41, 5.74) is 11.2. The smallest absolute Gasteiger partial charge is 0.0178 e. The van der Waals surface area contributed by atoms with Crippen LogP contribution in [0.2, 0.25) is 0 Å². The summed E-state index contributed by atoms with van der Waals surface area (Å²) in [4.78, 5) is 0. The molecule has 154 valence electrons. The van der Waals surface area contributed by atoms with Crippen LogP contribution in [0, 0.1) is 23.2 Å². The predicted octanol–water partition coefficient (Wildman–Crippen LogP) is 8.65. The normalized spacial score (nSPS) is 32.1. The van der Waals surface area contributed by atoms with E-state index in [4.69, 9.17) is 0 Å². The van der Waals surface area contributed by atoms with Gasteiger partial charge in [0.15, 0.2) is 0 Å². The number of rotatable bonds is 0. The third kappa shape index (κ3) is 2.39. The van der Waals surface area contributed by atoms with E-state index in [1.165, 1.54) is 38.5 Å². The van der Waals surface area contributed by atoms with Crippen molar-refractivity contribution in [1.82, 2.24) is 0 Å². The summed E-state index contributed by atoms with van der Waals surface area (Å²) >= 11 is 7.52. The molecule has 0 saturated carbocycles. The molecule has 0 fully saturated rings. The largest absolute Gasteiger partial charge is 0.0796 e. The summed E-state index contributed by atoms with van der Waals surface area (Å²) in [5.74, 6) is 1.88. The number of allylic oxidation sites excluding steroid dienone is 10. The lowest BCUT2D eigenvalue weighted by Crippen LogP contribution is -2.33. The first-order chi connectivity index (χ1) is 14.2. The Labute approximate surface area is 197 Å². The minimum absolute atomic E-state index is 0.0783. The van der Waals surface area contributed by atoms with E-state index in [2.05, 4.69) is 102 Å². The van der Waals surface area contributed by atoms with Crippen LogP contribution >= 0.6 is 31.9 Å². The fraction of sp³-hybridized carbons (Fsp3) is 0.429. The van der Waals surface area contributed by atoms with E-state index in [9.17, 15) is 0 Å². The maximum atomic E-state index is 3.80. The van der Waals surface area contributed by atoms with Gasteiger partial charge in [-0.2, -0.15) is 0 Å². The van der Waals surface area contributed by atoms with Crippen LogP contribution in [-0.4, -0.2) is 0 Å². The summed E-state index contributed by atoms with van der Waals surface area (Å²) in [5, 5.41) is 0. The molecule has 1 aromatic rings. The minimum atomic E-state index is 0.0783. The van der Waals surface area contributed by atoms with Crippen molar-refractivity contribution in [3.63, 3.8) is 0 Å². The fourth-order valence-electron chi connectivity index (χ4n) is 7.19. The number of hydrogen-bond donors (Lipinski definition) is 0. The maximum absolute atomic E-state index is 3.80. The second kappa shape index (κ2) is 6.23. The second-order valence-corrected chi connectivity index (χ2v) is 12.7. The first-order valence-corrected chi connectivity index (χ1v) is 12.8. The first-order valence-electron chi connectivity index (χ1n) is 11.2. The van der Waals surface area contributed by atoms with Gasteiger partial charge < -0.3 is 0 Å². The Bertz CT molecular complexity index is 1150. The zero-order chi connectivity index (χ0) is 21.0. The molecule has 0 bridgehead atoms. The summed E-state index contributed by atoms with van der Waals surface area (Å²) in [6.45, 7) is 9.73. The van der Waals surface area contributed by atoms with Gasteiger partial charge in [-0.05, 0) is 98.5 Å². The summed E-state index contributed by atoms with van der Waals surface area (Å²) in [6, 6.07) is 6.90. The van der Waals surface area contributed by atoms with Crippen LogP contribution < -0.4 is 0 Å². The highest BCUT2D eigenvalue weighted by molar-refractivity contribution is 9.11. The van der Waals surface area contributed by atoms with Crippen LogP contribution in [0.15, 0.2) is 73.8 Å². The van der Waals surface area contributed by atoms with Crippen molar-refractivity contribution in [2.75, 3.05) is 0 Å². The van der Waals surface area contributed by atoms with Crippen LogP contribution in [0.5, 0.6) is 0 Å². The number of halogens is 2. The molecule has 0 N–H and O–H groups in total. The average molecular weight is 524 g/mol. The zero-order valence-corrected chi connectivity index (χ0v) is 21.3. The molecule has 5 aliphatic rings. The van der Waals surface area contributed by atoms with Gasteiger partial charge in [0.05, 0.1) is 0 Å². The molecule has 3 atom stereocenters. The molecule has 5 aliphatic carbocycles. The van der Waals surface area contributed by atoms with Gasteiger partial charge in [-0.1, -0.05) is 89.4 Å². The van der Waals surface area contributed by atoms with Gasteiger partial charge in [-0.3, -0.25) is 0 Å². The quantitative estimate of drug-likeness (QED) is 0.319. The Morgan fingerprint density at radius 1 is 1.03 bits per heavy atom. The van der Waals surface area contributed by atoms with E-state index in [0.29, 0.717) is 17.8 Å². The van der Waals surface area contributed by atoms with E-state index in [0.717, 1.165) is 6.42 Å². The van der Waals surface area contributed by atoms with Crippen molar-refractivity contribution in [3.05, 3.63) is 84.9 Å². The second-order valence-electron chi connectivity index (χ2n) is 10.8. The molecule has 0 amide bonds. The Morgan fingerprint density at radius 2 is 1.83 bits per heavy atom. The Balaban J connectivity index is 1.57. The van der Waals surface area contributed by atoms with Crippen molar-refractivity contribution >= 4 is 37.4 Å². The molecule has 0 radical (unpaired) electrons. The topological polar surface area (TPSA) is 0 Å². The molecule has 0 heterocycles. The molecular formula is C28H28Br2. The van der Waals surface area contributed by atoms with Crippen LogP contribution in [0.1, 0.15) is 58.1 Å². The Morgan fingerprint density at radius 3 is 2.63 bits per heavy atom. The van der Waals surface area contributed by atoms with Gasteiger partial charge in [-0.15, -0.1) is 0 Å². The van der Waals surface area contributed by atoms with Crippen LogP contribution in [0.4, 0.5) is 0 Å². The zero-order valence-electron chi connectivity index (χ0n) is 18.2. The molecule has 0 spiro atoms. The lowest BCUT2D eigenvalue weighted by molar-refractivity contribution is 0.240. The lowest BCUT2D eigenvalue weighted by Gasteiger charge is -2.41. The van der Waals surface area contributed by atoms with E-state index >= 15 is 0 Å². The molecule has 0 nitrogen and oxygen atoms in total. The highest BCUT2D eigenvalue weighted by Gasteiger charge is 2.53. The van der Waals surface area contributed by atoms with Crippen molar-refractivity contribution in [1.29, 1.82) is 0 Å². The van der Waals surface area contributed by atoms with E-state index in [1.54, 1.807) is 22.3 Å². The van der Waals surface area contributed by atoms with Crippen LogP contribution in [0.25, 0.3) is 5.57 Å². The molecule has 0 aromatic heterocycles. The molecule has 1 aromatic carbocycles. The molecule has 0 aliphatic heterocycles. The summed E-state index contributed by atoms with van der Waals surface area (Å²) in [6.07, 6.45) is 13.7. The maximum Gasteiger partial charge on any atom is 0.0178 e. The molecule has 0 saturated heterocycles. The van der Waals surface area contributed by atoms with Crippen molar-refractivity contribution in [2.24, 2.45) is 23.2 Å². The molecule has 3 unspecified atom stereocenters. The Hall–Kier alpha value is -1.12. The minimum Gasteiger partial charge on any atom is -0.0796 e. The van der Waals surface area contributed by atoms with E-state index < -0.39 is 0 Å². The van der Waals surface area contributed by atoms with Gasteiger partial charge in [0, 0.05) is 9.89 Å². The van der Waals surface area contributed by atoms with E-state index in [-0.39, 0.29) is 10.8 Å². The van der Waals surface area contributed by atoms with Crippen LogP contribution in [-0.2, 0) is 5.41 Å². The highest BCUT2D eigenvalue weighted by Crippen LogP contribution is 2.64. The molecule has 30 heavy (non-hydrogen) atoms. The molecule has 2 heteroatoms. The molecular weight excluding hydrogens is 496 g/mol. The van der Waals surface area contributed by atoms with Crippen LogP contribution in [0.3, 0.4) is 0 Å². The number of hydrogen-bond acceptors (Lipinski definition) is 0. The van der Waals surface area contributed by atoms with E-state index in [1.807, 2.05) is 0 Å². The highest BCUT2D eigenvalue weighted by atomic mass is 79.9. The average Bonchev–Trinajstić information content (AvgIpc) is 3.07. The Kier molecular flexibility index (Phi) is 4.06. The first kappa shape index (κ1) is 19.6. The standard InChI is InChI=1S/C28H28Br2/c1-27(2)21-11-9-18-17(25(21)19-7-5-15(29)13-23(19)27)10-12-22-26(18)20-8-6-16(30)14-24(20)28(22,3)4/h5,7,10-14,18,22,26H,6,8-9H2,1-4H3. The monoisotopic (exact) mass is 522 g/mol. The van der Waals surface area contributed by atoms with Crippen molar-refractivity contribution in [2.45, 2.75) is 52.4 Å². The third-order valence-corrected chi connectivity index (χ3v) is 9.76. The SMILES string of the molecule is CC1(C)C2=CCC3C(=C2c2ccc(Br)cc21)C=CC1C3C2=C(C=C(Br)CC2)C1(C)C. The van der Waals surface area contributed by atoms with Gasteiger partial charge in [-0.25, -0.2) is 0 Å². The fourth-order valence-corrected chi connectivity index (χ4v) is 7.98. The number of fused-ring (bicyclic) bond motifs is 7. The van der Waals surface area contributed by atoms with Gasteiger partial charge in [0.1, 0.15) is 0 Å². The lowest BCUT2D eigenvalue weighted by atomic mass is 9.62. The van der Waals surface area contributed by atoms with Crippen molar-refractivity contribution in [3.8, 4) is 0 Å².